The molecule has 0 aliphatic carbocycles. The topological polar surface area (TPSA) is 72.9 Å². The molecule has 0 spiro atoms. The summed E-state index contributed by atoms with van der Waals surface area (Å²) in [6.07, 6.45) is 1.86. The minimum Gasteiger partial charge on any atom is -0.469 e. The second-order valence-electron chi connectivity index (χ2n) is 4.38. The van der Waals surface area contributed by atoms with Gasteiger partial charge in [-0.3, -0.25) is 4.79 Å². The molecule has 0 saturated carbocycles. The zero-order valence-electron chi connectivity index (χ0n) is 10.9. The van der Waals surface area contributed by atoms with E-state index in [0.717, 1.165) is 0 Å². The fraction of sp³-hybridized carbons (Fsp3) is 0.909. The molecule has 0 N–H and O–H groups in total. The molecule has 18 heavy (non-hydrogen) atoms. The van der Waals surface area contributed by atoms with E-state index in [2.05, 4.69) is 4.74 Å². The number of carbonyl (C=O) groups is 1. The molecular weight excluding hydrogens is 258 g/mol. The number of sulfonamides is 1. The quantitative estimate of drug-likeness (QED) is 0.514. The summed E-state index contributed by atoms with van der Waals surface area (Å²) >= 11 is 0. The highest BCUT2D eigenvalue weighted by Gasteiger charge is 2.32. The van der Waals surface area contributed by atoms with Crippen LogP contribution in [0.15, 0.2) is 0 Å². The van der Waals surface area contributed by atoms with Crippen LogP contribution in [-0.2, 0) is 24.3 Å². The van der Waals surface area contributed by atoms with Gasteiger partial charge < -0.3 is 9.47 Å². The Hall–Kier alpha value is -0.660. The van der Waals surface area contributed by atoms with Gasteiger partial charge in [-0.2, -0.15) is 0 Å². The van der Waals surface area contributed by atoms with Crippen LogP contribution in [-0.4, -0.2) is 58.4 Å². The largest absolute Gasteiger partial charge is 0.469 e. The van der Waals surface area contributed by atoms with E-state index in [1.165, 1.54) is 11.4 Å². The molecule has 1 heterocycles. The lowest BCUT2D eigenvalue weighted by molar-refractivity contribution is -0.146. The van der Waals surface area contributed by atoms with Crippen LogP contribution >= 0.6 is 0 Å². The maximum absolute atomic E-state index is 12.0. The molecule has 1 atom stereocenters. The van der Waals surface area contributed by atoms with Crippen molar-refractivity contribution in [2.75, 3.05) is 39.7 Å². The van der Waals surface area contributed by atoms with Crippen LogP contribution in [0.5, 0.6) is 0 Å². The predicted octanol–water partition coefficient (Wildman–Crippen LogP) is 0.238. The lowest BCUT2D eigenvalue weighted by atomic mass is 10.0. The fourth-order valence-electron chi connectivity index (χ4n) is 2.07. The van der Waals surface area contributed by atoms with Crippen molar-refractivity contribution in [1.29, 1.82) is 0 Å². The molecule has 1 aliphatic heterocycles. The Morgan fingerprint density at radius 1 is 1.39 bits per heavy atom. The molecule has 0 bridgehead atoms. The van der Waals surface area contributed by atoms with Gasteiger partial charge in [0.1, 0.15) is 0 Å². The summed E-state index contributed by atoms with van der Waals surface area (Å²) in [7, 11) is -0.414. The van der Waals surface area contributed by atoms with E-state index in [1.807, 2.05) is 0 Å². The molecule has 1 aliphatic rings. The first-order chi connectivity index (χ1) is 8.51. The third-order valence-electron chi connectivity index (χ3n) is 3.06. The summed E-state index contributed by atoms with van der Waals surface area (Å²) in [5.74, 6) is -0.595. The van der Waals surface area contributed by atoms with Crippen molar-refractivity contribution in [2.45, 2.75) is 19.3 Å². The van der Waals surface area contributed by atoms with Crippen molar-refractivity contribution < 1.29 is 22.7 Å². The minimum atomic E-state index is -3.28. The summed E-state index contributed by atoms with van der Waals surface area (Å²) in [6.45, 7) is 1.15. The fourth-order valence-corrected chi connectivity index (χ4v) is 3.62. The minimum absolute atomic E-state index is 0.0642. The zero-order valence-corrected chi connectivity index (χ0v) is 11.7. The summed E-state index contributed by atoms with van der Waals surface area (Å²) in [6, 6.07) is 0. The van der Waals surface area contributed by atoms with Crippen molar-refractivity contribution in [1.82, 2.24) is 4.31 Å². The number of methoxy groups -OCH3 is 2. The van der Waals surface area contributed by atoms with Gasteiger partial charge in [0.25, 0.3) is 0 Å². The number of ether oxygens (including phenoxy) is 2. The van der Waals surface area contributed by atoms with E-state index in [9.17, 15) is 13.2 Å². The highest BCUT2D eigenvalue weighted by molar-refractivity contribution is 7.89. The normalized spacial score (nSPS) is 21.8. The van der Waals surface area contributed by atoms with Gasteiger partial charge in [-0.25, -0.2) is 12.7 Å². The van der Waals surface area contributed by atoms with Crippen molar-refractivity contribution in [3.63, 3.8) is 0 Å². The molecule has 1 saturated heterocycles. The molecule has 0 aromatic heterocycles. The number of rotatable bonds is 6. The summed E-state index contributed by atoms with van der Waals surface area (Å²) in [4.78, 5) is 11.4. The molecule has 6 nitrogen and oxygen atoms in total. The van der Waals surface area contributed by atoms with Crippen molar-refractivity contribution in [3.8, 4) is 0 Å². The number of piperidine rings is 1. The van der Waals surface area contributed by atoms with E-state index < -0.39 is 10.0 Å². The molecule has 0 aromatic rings. The van der Waals surface area contributed by atoms with Crippen LogP contribution in [0.25, 0.3) is 0 Å². The van der Waals surface area contributed by atoms with Gasteiger partial charge in [0.2, 0.25) is 10.0 Å². The molecule has 1 rings (SSSR count). The summed E-state index contributed by atoms with van der Waals surface area (Å²) < 4.78 is 35.0. The Balaban J connectivity index is 2.57. The Kier molecular flexibility index (Phi) is 6.04. The van der Waals surface area contributed by atoms with E-state index in [4.69, 9.17) is 4.74 Å². The van der Waals surface area contributed by atoms with Crippen LogP contribution in [0.3, 0.4) is 0 Å². The predicted molar refractivity (Wildman–Crippen MR) is 66.6 cm³/mol. The standard InChI is InChI=1S/C11H21NO5S/c1-16-7-4-8-18(14,15)12-6-3-5-10(9-12)11(13)17-2/h10H,3-9H2,1-2H3/t10-/m0/s1. The molecule has 1 fully saturated rings. The smallest absolute Gasteiger partial charge is 0.309 e. The third-order valence-corrected chi connectivity index (χ3v) is 4.99. The Bertz CT molecular complexity index is 368. The molecule has 0 radical (unpaired) electrons. The Morgan fingerprint density at radius 3 is 2.72 bits per heavy atom. The first-order valence-corrected chi connectivity index (χ1v) is 7.66. The monoisotopic (exact) mass is 279 g/mol. The van der Waals surface area contributed by atoms with Crippen molar-refractivity contribution in [2.24, 2.45) is 5.92 Å². The van der Waals surface area contributed by atoms with Gasteiger partial charge in [0, 0.05) is 26.8 Å². The van der Waals surface area contributed by atoms with E-state index in [0.29, 0.717) is 32.4 Å². The second kappa shape index (κ2) is 7.06. The molecule has 0 amide bonds. The number of hydrogen-bond acceptors (Lipinski definition) is 5. The molecular formula is C11H21NO5S. The Labute approximate surface area is 108 Å². The van der Waals surface area contributed by atoms with Gasteiger partial charge >= 0.3 is 5.97 Å². The van der Waals surface area contributed by atoms with Crippen molar-refractivity contribution in [3.05, 3.63) is 0 Å². The van der Waals surface area contributed by atoms with Crippen LogP contribution in [0.4, 0.5) is 0 Å². The number of nitrogens with zero attached hydrogens (tertiary/aromatic N) is 1. The van der Waals surface area contributed by atoms with Crippen LogP contribution in [0.1, 0.15) is 19.3 Å². The molecule has 7 heteroatoms. The van der Waals surface area contributed by atoms with Crippen LogP contribution < -0.4 is 0 Å². The van der Waals surface area contributed by atoms with Crippen LogP contribution in [0, 0.1) is 5.92 Å². The average Bonchev–Trinajstić information content (AvgIpc) is 2.38. The first-order valence-electron chi connectivity index (χ1n) is 6.06. The highest BCUT2D eigenvalue weighted by atomic mass is 32.2. The summed E-state index contributed by atoms with van der Waals surface area (Å²) in [5.41, 5.74) is 0. The molecule has 106 valence electrons. The lowest BCUT2D eigenvalue weighted by Gasteiger charge is -2.30. The number of esters is 1. The van der Waals surface area contributed by atoms with Gasteiger partial charge in [0.15, 0.2) is 0 Å². The third kappa shape index (κ3) is 4.22. The second-order valence-corrected chi connectivity index (χ2v) is 6.47. The van der Waals surface area contributed by atoms with Crippen LogP contribution in [0.2, 0.25) is 0 Å². The number of hydrogen-bond donors (Lipinski definition) is 0. The Morgan fingerprint density at radius 2 is 2.11 bits per heavy atom. The maximum Gasteiger partial charge on any atom is 0.309 e. The molecule has 0 unspecified atom stereocenters. The van der Waals surface area contributed by atoms with Gasteiger partial charge in [0.05, 0.1) is 18.8 Å². The lowest BCUT2D eigenvalue weighted by Crippen LogP contribution is -2.43. The van der Waals surface area contributed by atoms with Gasteiger partial charge in [-0.05, 0) is 19.3 Å². The summed E-state index contributed by atoms with van der Waals surface area (Å²) in [5, 5.41) is 0. The number of carbonyl (C=O) groups excluding carboxylic acids is 1. The van der Waals surface area contributed by atoms with Gasteiger partial charge in [-0.15, -0.1) is 0 Å². The SMILES string of the molecule is COCCCS(=O)(=O)N1CCC[C@H](C(=O)OC)C1. The van der Waals surface area contributed by atoms with E-state index in [1.54, 1.807) is 7.11 Å². The van der Waals surface area contributed by atoms with Gasteiger partial charge in [-0.1, -0.05) is 0 Å². The maximum atomic E-state index is 12.0. The average molecular weight is 279 g/mol. The molecule has 0 aromatic carbocycles. The zero-order chi connectivity index (χ0) is 13.6. The first kappa shape index (κ1) is 15.4. The highest BCUT2D eigenvalue weighted by Crippen LogP contribution is 2.20. The van der Waals surface area contributed by atoms with Crippen molar-refractivity contribution >= 4 is 16.0 Å². The van der Waals surface area contributed by atoms with E-state index in [-0.39, 0.29) is 24.2 Å². The van der Waals surface area contributed by atoms with E-state index >= 15 is 0 Å².